The number of ether oxygens (including phenoxy) is 1. The van der Waals surface area contributed by atoms with Gasteiger partial charge in [0.2, 0.25) is 0 Å². The normalized spacial score (nSPS) is 22.9. The molecule has 1 N–H and O–H groups in total. The van der Waals surface area contributed by atoms with Crippen LogP contribution >= 0.6 is 0 Å². The molecule has 1 aromatic carbocycles. The summed E-state index contributed by atoms with van der Waals surface area (Å²) in [6.07, 6.45) is 1.99. The number of benzene rings is 1. The minimum Gasteiger partial charge on any atom is -0.481 e. The molecule has 0 radical (unpaired) electrons. The van der Waals surface area contributed by atoms with Crippen LogP contribution in [-0.4, -0.2) is 35.2 Å². The van der Waals surface area contributed by atoms with Crippen molar-refractivity contribution in [1.82, 2.24) is 4.90 Å². The van der Waals surface area contributed by atoms with Gasteiger partial charge >= 0.3 is 12.1 Å². The van der Waals surface area contributed by atoms with Crippen molar-refractivity contribution in [1.29, 1.82) is 0 Å². The molecule has 5 heteroatoms. The third kappa shape index (κ3) is 2.86. The minimum absolute atomic E-state index is 0.0535. The maximum atomic E-state index is 12.0. The summed E-state index contributed by atoms with van der Waals surface area (Å²) in [6, 6.07) is 9.57. The topological polar surface area (TPSA) is 66.8 Å². The minimum atomic E-state index is -0.699. The number of amides is 1. The Morgan fingerprint density at radius 2 is 1.90 bits per heavy atom. The molecule has 1 aromatic rings. The van der Waals surface area contributed by atoms with E-state index < -0.39 is 5.97 Å². The molecule has 1 amide bonds. The first-order valence-corrected chi connectivity index (χ1v) is 7.29. The zero-order chi connectivity index (χ0) is 14.9. The number of nitrogens with zero attached hydrogens (tertiary/aromatic N) is 1. The average Bonchev–Trinajstić information content (AvgIpc) is 3.21. The molecule has 112 valence electrons. The highest BCUT2D eigenvalue weighted by atomic mass is 16.6. The van der Waals surface area contributed by atoms with Crippen LogP contribution in [0.15, 0.2) is 30.3 Å². The number of piperidine rings is 1. The molecule has 1 aliphatic heterocycles. The second-order valence-corrected chi connectivity index (χ2v) is 5.98. The van der Waals surface area contributed by atoms with Crippen LogP contribution in [0.3, 0.4) is 0 Å². The first-order chi connectivity index (χ1) is 10.1. The molecular formula is C16H19NO4. The average molecular weight is 289 g/mol. The Balaban J connectivity index is 1.46. The summed E-state index contributed by atoms with van der Waals surface area (Å²) < 4.78 is 5.30. The predicted molar refractivity (Wildman–Crippen MR) is 75.6 cm³/mol. The molecule has 3 rings (SSSR count). The smallest absolute Gasteiger partial charge is 0.410 e. The van der Waals surface area contributed by atoms with Gasteiger partial charge in [-0.25, -0.2) is 4.79 Å². The van der Waals surface area contributed by atoms with Crippen molar-refractivity contribution in [2.45, 2.75) is 25.9 Å². The van der Waals surface area contributed by atoms with Crippen molar-refractivity contribution in [3.8, 4) is 0 Å². The quantitative estimate of drug-likeness (QED) is 0.928. The van der Waals surface area contributed by atoms with E-state index >= 15 is 0 Å². The summed E-state index contributed by atoms with van der Waals surface area (Å²) in [7, 11) is 0. The summed E-state index contributed by atoms with van der Waals surface area (Å²) in [6.45, 7) is 1.47. The first-order valence-electron chi connectivity index (χ1n) is 7.29. The van der Waals surface area contributed by atoms with E-state index in [2.05, 4.69) is 0 Å². The van der Waals surface area contributed by atoms with E-state index in [1.54, 1.807) is 4.90 Å². The van der Waals surface area contributed by atoms with Crippen molar-refractivity contribution < 1.29 is 19.4 Å². The number of likely N-dealkylation sites (tertiary alicyclic amines) is 1. The standard InChI is InChI=1S/C16H19NO4/c18-14(19)13-10-16(13)6-8-17(9-7-16)15(20)21-11-12-4-2-1-3-5-12/h1-5,13H,6-11H2,(H,18,19)/t13-/m1/s1. The van der Waals surface area contributed by atoms with Gasteiger partial charge in [-0.1, -0.05) is 30.3 Å². The zero-order valence-corrected chi connectivity index (χ0v) is 11.8. The number of carbonyl (C=O) groups excluding carboxylic acids is 1. The SMILES string of the molecule is O=C(O)[C@H]1CC12CCN(C(=O)OCc1ccccc1)CC2. The van der Waals surface area contributed by atoms with Gasteiger partial charge < -0.3 is 14.7 Å². The molecule has 1 atom stereocenters. The molecule has 2 fully saturated rings. The Morgan fingerprint density at radius 1 is 1.24 bits per heavy atom. The monoisotopic (exact) mass is 289 g/mol. The fourth-order valence-corrected chi connectivity index (χ4v) is 3.19. The van der Waals surface area contributed by atoms with Gasteiger partial charge in [0.15, 0.2) is 0 Å². The van der Waals surface area contributed by atoms with E-state index in [9.17, 15) is 9.59 Å². The third-order valence-corrected chi connectivity index (χ3v) is 4.71. The van der Waals surface area contributed by atoms with Crippen molar-refractivity contribution in [3.05, 3.63) is 35.9 Å². The van der Waals surface area contributed by atoms with Gasteiger partial charge in [0.1, 0.15) is 6.61 Å². The number of carboxylic acid groups (broad SMARTS) is 1. The van der Waals surface area contributed by atoms with Gasteiger partial charge in [-0.3, -0.25) is 4.79 Å². The van der Waals surface area contributed by atoms with Gasteiger partial charge in [-0.15, -0.1) is 0 Å². The van der Waals surface area contributed by atoms with Crippen molar-refractivity contribution in [3.63, 3.8) is 0 Å². The molecule has 1 aliphatic carbocycles. The molecule has 0 unspecified atom stereocenters. The number of hydrogen-bond acceptors (Lipinski definition) is 3. The third-order valence-electron chi connectivity index (χ3n) is 4.71. The molecule has 1 spiro atoms. The van der Waals surface area contributed by atoms with E-state index in [-0.39, 0.29) is 24.0 Å². The highest BCUT2D eigenvalue weighted by Crippen LogP contribution is 2.59. The van der Waals surface area contributed by atoms with E-state index in [1.165, 1.54) is 0 Å². The zero-order valence-electron chi connectivity index (χ0n) is 11.8. The van der Waals surface area contributed by atoms with Crippen LogP contribution in [-0.2, 0) is 16.1 Å². The largest absolute Gasteiger partial charge is 0.481 e. The molecule has 5 nitrogen and oxygen atoms in total. The summed E-state index contributed by atoms with van der Waals surface area (Å²) >= 11 is 0. The lowest BCUT2D eigenvalue weighted by Crippen LogP contribution is -2.40. The number of carboxylic acids is 1. The van der Waals surface area contributed by atoms with Crippen LogP contribution in [0.25, 0.3) is 0 Å². The molecule has 21 heavy (non-hydrogen) atoms. The van der Waals surface area contributed by atoms with Crippen molar-refractivity contribution in [2.24, 2.45) is 11.3 Å². The summed E-state index contributed by atoms with van der Waals surface area (Å²) in [5, 5.41) is 9.05. The lowest BCUT2D eigenvalue weighted by Gasteiger charge is -2.31. The van der Waals surface area contributed by atoms with Gasteiger partial charge in [-0.2, -0.15) is 0 Å². The van der Waals surface area contributed by atoms with Crippen molar-refractivity contribution in [2.75, 3.05) is 13.1 Å². The van der Waals surface area contributed by atoms with E-state index in [0.29, 0.717) is 13.1 Å². The van der Waals surface area contributed by atoms with Crippen LogP contribution in [0.2, 0.25) is 0 Å². The molecule has 0 aromatic heterocycles. The lowest BCUT2D eigenvalue weighted by atomic mass is 9.91. The van der Waals surface area contributed by atoms with E-state index in [0.717, 1.165) is 24.8 Å². The van der Waals surface area contributed by atoms with Crippen LogP contribution in [0.4, 0.5) is 4.79 Å². The van der Waals surface area contributed by atoms with Gasteiger partial charge in [0.25, 0.3) is 0 Å². The van der Waals surface area contributed by atoms with Crippen LogP contribution < -0.4 is 0 Å². The number of hydrogen-bond donors (Lipinski definition) is 1. The number of rotatable bonds is 3. The van der Waals surface area contributed by atoms with Crippen LogP contribution in [0, 0.1) is 11.3 Å². The maximum Gasteiger partial charge on any atom is 0.410 e. The molecule has 0 bridgehead atoms. The fourth-order valence-electron chi connectivity index (χ4n) is 3.19. The number of carbonyl (C=O) groups is 2. The van der Waals surface area contributed by atoms with Gasteiger partial charge in [0.05, 0.1) is 5.92 Å². The maximum absolute atomic E-state index is 12.0. The Kier molecular flexibility index (Phi) is 3.57. The highest BCUT2D eigenvalue weighted by Gasteiger charge is 2.59. The van der Waals surface area contributed by atoms with E-state index in [1.807, 2.05) is 30.3 Å². The molecule has 1 saturated heterocycles. The summed E-state index contributed by atoms with van der Waals surface area (Å²) in [4.78, 5) is 24.7. The van der Waals surface area contributed by atoms with Gasteiger partial charge in [0, 0.05) is 13.1 Å². The fraction of sp³-hybridized carbons (Fsp3) is 0.500. The second kappa shape index (κ2) is 5.39. The van der Waals surface area contributed by atoms with Crippen molar-refractivity contribution >= 4 is 12.1 Å². The summed E-state index contributed by atoms with van der Waals surface area (Å²) in [5.41, 5.74) is 0.912. The Hall–Kier alpha value is -2.04. The van der Waals surface area contributed by atoms with E-state index in [4.69, 9.17) is 9.84 Å². The Bertz CT molecular complexity index is 534. The predicted octanol–water partition coefficient (Wildman–Crippen LogP) is 2.51. The van der Waals surface area contributed by atoms with Crippen LogP contribution in [0.1, 0.15) is 24.8 Å². The van der Waals surface area contributed by atoms with Gasteiger partial charge in [-0.05, 0) is 30.2 Å². The summed E-state index contributed by atoms with van der Waals surface area (Å²) in [5.74, 6) is -0.907. The Labute approximate surface area is 123 Å². The Morgan fingerprint density at radius 3 is 2.48 bits per heavy atom. The van der Waals surface area contributed by atoms with Crippen LogP contribution in [0.5, 0.6) is 0 Å². The molecule has 2 aliphatic rings. The molecule has 1 saturated carbocycles. The first kappa shape index (κ1) is 13.9. The highest BCUT2D eigenvalue weighted by molar-refractivity contribution is 5.75. The second-order valence-electron chi connectivity index (χ2n) is 5.98. The number of aliphatic carboxylic acids is 1. The molecule has 1 heterocycles. The lowest BCUT2D eigenvalue weighted by molar-refractivity contribution is -0.139. The molecular weight excluding hydrogens is 270 g/mol.